The Bertz CT molecular complexity index is 753. The van der Waals surface area contributed by atoms with Gasteiger partial charge < -0.3 is 10.6 Å². The first-order chi connectivity index (χ1) is 12.0. The van der Waals surface area contributed by atoms with E-state index in [2.05, 4.69) is 21.7 Å². The summed E-state index contributed by atoms with van der Waals surface area (Å²) in [6.45, 7) is 3.31. The highest BCUT2D eigenvalue weighted by Crippen LogP contribution is 2.14. The maximum atomic E-state index is 11.9. The summed E-state index contributed by atoms with van der Waals surface area (Å²) < 4.78 is 25.4. The van der Waals surface area contributed by atoms with Gasteiger partial charge in [0.15, 0.2) is 5.96 Å². The van der Waals surface area contributed by atoms with E-state index in [1.165, 1.54) is 0 Å². The van der Waals surface area contributed by atoms with Crippen LogP contribution in [0.5, 0.6) is 0 Å². The molecule has 2 N–H and O–H groups in total. The van der Waals surface area contributed by atoms with E-state index in [-0.39, 0.29) is 35.8 Å². The number of guanidine groups is 1. The second-order valence-corrected chi connectivity index (χ2v) is 8.21. The Hall–Kier alpha value is -1.38. The van der Waals surface area contributed by atoms with Crippen molar-refractivity contribution in [2.75, 3.05) is 25.9 Å². The van der Waals surface area contributed by atoms with Gasteiger partial charge in [-0.05, 0) is 37.5 Å². The summed E-state index contributed by atoms with van der Waals surface area (Å²) in [6, 6.07) is 9.75. The molecule has 9 heteroatoms. The number of halogens is 1. The number of rotatable bonds is 5. The van der Waals surface area contributed by atoms with Crippen molar-refractivity contribution in [1.29, 1.82) is 5.26 Å². The van der Waals surface area contributed by atoms with Crippen molar-refractivity contribution in [1.82, 2.24) is 14.9 Å². The van der Waals surface area contributed by atoms with Crippen molar-refractivity contribution in [2.45, 2.75) is 32.4 Å². The van der Waals surface area contributed by atoms with Crippen molar-refractivity contribution >= 4 is 40.0 Å². The fourth-order valence-electron chi connectivity index (χ4n) is 2.79. The van der Waals surface area contributed by atoms with Crippen molar-refractivity contribution in [2.24, 2.45) is 4.99 Å². The van der Waals surface area contributed by atoms with Gasteiger partial charge in [-0.25, -0.2) is 12.7 Å². The summed E-state index contributed by atoms with van der Waals surface area (Å²) in [6.07, 6.45) is 1.51. The maximum Gasteiger partial charge on any atom is 0.213 e. The maximum absolute atomic E-state index is 11.9. The monoisotopic (exact) mass is 491 g/mol. The van der Waals surface area contributed by atoms with Gasteiger partial charge in [0.05, 0.1) is 17.4 Å². The lowest BCUT2D eigenvalue weighted by Crippen LogP contribution is -2.49. The van der Waals surface area contributed by atoms with Crippen molar-refractivity contribution < 1.29 is 8.42 Å². The van der Waals surface area contributed by atoms with Crippen LogP contribution in [0.25, 0.3) is 0 Å². The normalized spacial score (nSPS) is 16.4. The van der Waals surface area contributed by atoms with Crippen LogP contribution < -0.4 is 10.6 Å². The lowest BCUT2D eigenvalue weighted by molar-refractivity contribution is 0.306. The number of nitriles is 1. The predicted octanol–water partition coefficient (Wildman–Crippen LogP) is 1.66. The quantitative estimate of drug-likeness (QED) is 0.371. The van der Waals surface area contributed by atoms with E-state index < -0.39 is 10.0 Å². The molecule has 1 aliphatic heterocycles. The molecule has 1 aromatic carbocycles. The van der Waals surface area contributed by atoms with Gasteiger partial charge in [-0.2, -0.15) is 5.26 Å². The van der Waals surface area contributed by atoms with Crippen molar-refractivity contribution in [3.8, 4) is 6.07 Å². The van der Waals surface area contributed by atoms with Crippen LogP contribution in [0, 0.1) is 11.3 Å². The molecule has 7 nitrogen and oxygen atoms in total. The van der Waals surface area contributed by atoms with E-state index >= 15 is 0 Å². The van der Waals surface area contributed by atoms with Gasteiger partial charge in [0, 0.05) is 32.7 Å². The lowest BCUT2D eigenvalue weighted by atomic mass is 10.1. The molecule has 0 atom stereocenters. The molecular weight excluding hydrogens is 465 g/mol. The van der Waals surface area contributed by atoms with Gasteiger partial charge in [-0.15, -0.1) is 24.0 Å². The van der Waals surface area contributed by atoms with Crippen molar-refractivity contribution in [3.63, 3.8) is 0 Å². The standard InChI is InChI=1S/C17H25N5O2S.HI/c1-3-25(23,24)22-9-7-16(8-10-22)21-17(19-2)20-13-15-6-4-5-14(11-15)12-18;/h4-6,11,16H,3,7-10,13H2,1-2H3,(H2,19,20,21);1H. The largest absolute Gasteiger partial charge is 0.354 e. The topological polar surface area (TPSA) is 97.6 Å². The molecule has 0 amide bonds. The van der Waals surface area contributed by atoms with E-state index in [0.717, 1.165) is 18.4 Å². The van der Waals surface area contributed by atoms with Crippen LogP contribution in [0.3, 0.4) is 0 Å². The van der Waals surface area contributed by atoms with Crippen molar-refractivity contribution in [3.05, 3.63) is 35.4 Å². The number of piperidine rings is 1. The van der Waals surface area contributed by atoms with Gasteiger partial charge in [0.2, 0.25) is 10.0 Å². The molecule has 1 fully saturated rings. The van der Waals surface area contributed by atoms with E-state index in [1.54, 1.807) is 24.3 Å². The molecule has 26 heavy (non-hydrogen) atoms. The molecule has 0 aromatic heterocycles. The average Bonchev–Trinajstić information content (AvgIpc) is 2.65. The van der Waals surface area contributed by atoms with Crippen LogP contribution >= 0.6 is 24.0 Å². The SMILES string of the molecule is CCS(=O)(=O)N1CCC(NC(=NC)NCc2cccc(C#N)c2)CC1.I. The van der Waals surface area contributed by atoms with Gasteiger partial charge in [0.1, 0.15) is 0 Å². The number of nitrogens with zero attached hydrogens (tertiary/aromatic N) is 3. The minimum atomic E-state index is -3.10. The first-order valence-corrected chi connectivity index (χ1v) is 10.0. The first-order valence-electron chi connectivity index (χ1n) is 8.42. The van der Waals surface area contributed by atoms with Gasteiger partial charge in [-0.3, -0.25) is 4.99 Å². The summed E-state index contributed by atoms with van der Waals surface area (Å²) in [7, 11) is -1.39. The predicted molar refractivity (Wildman–Crippen MR) is 114 cm³/mol. The molecule has 1 aromatic rings. The summed E-state index contributed by atoms with van der Waals surface area (Å²) in [5.41, 5.74) is 1.64. The highest BCUT2D eigenvalue weighted by atomic mass is 127. The Labute approximate surface area is 172 Å². The highest BCUT2D eigenvalue weighted by Gasteiger charge is 2.26. The van der Waals surface area contributed by atoms with E-state index in [1.807, 2.05) is 18.2 Å². The summed E-state index contributed by atoms with van der Waals surface area (Å²) in [4.78, 5) is 4.22. The molecule has 144 valence electrons. The van der Waals surface area contributed by atoms with E-state index in [9.17, 15) is 8.42 Å². The Balaban J connectivity index is 0.00000338. The number of hydrogen-bond acceptors (Lipinski definition) is 4. The highest BCUT2D eigenvalue weighted by molar-refractivity contribution is 14.0. The first kappa shape index (κ1) is 22.7. The molecule has 1 aliphatic rings. The number of nitrogens with one attached hydrogen (secondary N) is 2. The lowest BCUT2D eigenvalue weighted by Gasteiger charge is -2.32. The molecule has 0 spiro atoms. The van der Waals surface area contributed by atoms with Crippen LogP contribution in [0.1, 0.15) is 30.9 Å². The molecule has 0 unspecified atom stereocenters. The molecule has 1 saturated heterocycles. The third-order valence-electron chi connectivity index (χ3n) is 4.29. The zero-order valence-corrected chi connectivity index (χ0v) is 18.3. The van der Waals surface area contributed by atoms with Crippen LogP contribution in [0.2, 0.25) is 0 Å². The van der Waals surface area contributed by atoms with Crippen LogP contribution in [0.15, 0.2) is 29.3 Å². The second kappa shape index (κ2) is 10.7. The zero-order chi connectivity index (χ0) is 18.3. The molecule has 0 radical (unpaired) electrons. The third-order valence-corrected chi connectivity index (χ3v) is 6.17. The van der Waals surface area contributed by atoms with Gasteiger partial charge >= 0.3 is 0 Å². The number of hydrogen-bond donors (Lipinski definition) is 2. The molecular formula is C17H26IN5O2S. The summed E-state index contributed by atoms with van der Waals surface area (Å²) >= 11 is 0. The van der Waals surface area contributed by atoms with Gasteiger partial charge in [-0.1, -0.05) is 12.1 Å². The number of aliphatic imine (C=N–C) groups is 1. The zero-order valence-electron chi connectivity index (χ0n) is 15.1. The summed E-state index contributed by atoms with van der Waals surface area (Å²) in [5.74, 6) is 0.829. The Morgan fingerprint density at radius 1 is 1.38 bits per heavy atom. The number of benzene rings is 1. The van der Waals surface area contributed by atoms with Crippen LogP contribution in [-0.2, 0) is 16.6 Å². The van der Waals surface area contributed by atoms with Gasteiger partial charge in [0.25, 0.3) is 0 Å². The molecule has 0 saturated carbocycles. The molecule has 2 rings (SSSR count). The van der Waals surface area contributed by atoms with E-state index in [4.69, 9.17) is 5.26 Å². The fourth-order valence-corrected chi connectivity index (χ4v) is 3.92. The average molecular weight is 491 g/mol. The van der Waals surface area contributed by atoms with Crippen LogP contribution in [-0.4, -0.2) is 50.6 Å². The third kappa shape index (κ3) is 6.41. The second-order valence-electron chi connectivity index (χ2n) is 5.96. The summed E-state index contributed by atoms with van der Waals surface area (Å²) in [5, 5.41) is 15.5. The molecule has 0 aliphatic carbocycles. The minimum Gasteiger partial charge on any atom is -0.354 e. The Kier molecular flexibility index (Phi) is 9.32. The minimum absolute atomic E-state index is 0. The molecule has 1 heterocycles. The van der Waals surface area contributed by atoms with E-state index in [0.29, 0.717) is 31.2 Å². The van der Waals surface area contributed by atoms with Crippen LogP contribution in [0.4, 0.5) is 0 Å². The Morgan fingerprint density at radius 2 is 2.08 bits per heavy atom. The Morgan fingerprint density at radius 3 is 2.65 bits per heavy atom. The smallest absolute Gasteiger partial charge is 0.213 e. The fraction of sp³-hybridized carbons (Fsp3) is 0.529. The molecule has 0 bridgehead atoms. The number of sulfonamides is 1.